The van der Waals surface area contributed by atoms with E-state index in [1.807, 2.05) is 42.5 Å². The lowest BCUT2D eigenvalue weighted by atomic mass is 10.0. The molecule has 1 amide bonds. The third kappa shape index (κ3) is 4.51. The minimum absolute atomic E-state index is 0.269. The first-order valence-corrected chi connectivity index (χ1v) is 8.67. The van der Waals surface area contributed by atoms with Crippen molar-refractivity contribution in [1.29, 1.82) is 0 Å². The molecule has 3 rings (SSSR count). The van der Waals surface area contributed by atoms with Crippen LogP contribution in [0.2, 0.25) is 0 Å². The van der Waals surface area contributed by atoms with Crippen LogP contribution in [0.1, 0.15) is 17.2 Å². The molecule has 5 heteroatoms. The fraction of sp³-hybridized carbons (Fsp3) is 0.182. The van der Waals surface area contributed by atoms with Crippen molar-refractivity contribution in [3.05, 3.63) is 83.9 Å². The van der Waals surface area contributed by atoms with E-state index in [0.29, 0.717) is 5.56 Å². The Bertz CT molecular complexity index is 939. The van der Waals surface area contributed by atoms with Crippen LogP contribution in [0.4, 0.5) is 0 Å². The van der Waals surface area contributed by atoms with Gasteiger partial charge >= 0.3 is 5.97 Å². The van der Waals surface area contributed by atoms with Crippen LogP contribution in [0.25, 0.3) is 10.8 Å². The van der Waals surface area contributed by atoms with Crippen molar-refractivity contribution in [3.8, 4) is 0 Å². The van der Waals surface area contributed by atoms with Crippen LogP contribution < -0.4 is 5.32 Å². The first-order chi connectivity index (χ1) is 13.1. The SMILES string of the molecule is COC(=O)[C@@H](Cc1ccc2ccccc2c1)NC(=O)[C@@H](O)c1ccccc1. The van der Waals surface area contributed by atoms with Crippen LogP contribution in [0.15, 0.2) is 72.8 Å². The molecule has 0 fully saturated rings. The van der Waals surface area contributed by atoms with Crippen molar-refractivity contribution in [2.45, 2.75) is 18.6 Å². The Labute approximate surface area is 157 Å². The number of hydrogen-bond acceptors (Lipinski definition) is 4. The average Bonchev–Trinajstić information content (AvgIpc) is 2.72. The number of carbonyl (C=O) groups is 2. The third-order valence-electron chi connectivity index (χ3n) is 4.42. The van der Waals surface area contributed by atoms with Gasteiger partial charge in [-0.1, -0.05) is 72.8 Å². The molecule has 5 nitrogen and oxygen atoms in total. The van der Waals surface area contributed by atoms with E-state index in [4.69, 9.17) is 4.74 Å². The minimum atomic E-state index is -1.35. The Balaban J connectivity index is 1.77. The number of aliphatic hydroxyl groups is 1. The monoisotopic (exact) mass is 363 g/mol. The molecule has 3 aromatic rings. The summed E-state index contributed by atoms with van der Waals surface area (Å²) < 4.78 is 4.82. The van der Waals surface area contributed by atoms with E-state index >= 15 is 0 Å². The van der Waals surface area contributed by atoms with Gasteiger partial charge < -0.3 is 15.2 Å². The Morgan fingerprint density at radius 3 is 2.33 bits per heavy atom. The second kappa shape index (κ2) is 8.47. The van der Waals surface area contributed by atoms with Gasteiger partial charge in [-0.3, -0.25) is 4.79 Å². The topological polar surface area (TPSA) is 75.6 Å². The number of esters is 1. The number of rotatable bonds is 6. The van der Waals surface area contributed by atoms with E-state index in [1.165, 1.54) is 7.11 Å². The molecule has 0 aromatic heterocycles. The lowest BCUT2D eigenvalue weighted by Gasteiger charge is -2.19. The van der Waals surface area contributed by atoms with Gasteiger partial charge in [-0.25, -0.2) is 4.79 Å². The number of carbonyl (C=O) groups excluding carboxylic acids is 2. The molecule has 0 aliphatic carbocycles. The number of nitrogens with one attached hydrogen (secondary N) is 1. The lowest BCUT2D eigenvalue weighted by Crippen LogP contribution is -2.45. The number of hydrogen-bond donors (Lipinski definition) is 2. The summed E-state index contributed by atoms with van der Waals surface area (Å²) in [5.41, 5.74) is 1.35. The number of ether oxygens (including phenoxy) is 1. The molecule has 0 radical (unpaired) electrons. The molecule has 0 unspecified atom stereocenters. The van der Waals surface area contributed by atoms with Gasteiger partial charge in [0, 0.05) is 6.42 Å². The minimum Gasteiger partial charge on any atom is -0.467 e. The smallest absolute Gasteiger partial charge is 0.328 e. The van der Waals surface area contributed by atoms with Gasteiger partial charge in [-0.05, 0) is 21.9 Å². The number of methoxy groups -OCH3 is 1. The van der Waals surface area contributed by atoms with Crippen LogP contribution in [0.3, 0.4) is 0 Å². The van der Waals surface area contributed by atoms with Gasteiger partial charge in [0.15, 0.2) is 6.10 Å². The highest BCUT2D eigenvalue weighted by Gasteiger charge is 2.26. The number of amides is 1. The van der Waals surface area contributed by atoms with Crippen LogP contribution in [-0.4, -0.2) is 30.1 Å². The second-order valence-corrected chi connectivity index (χ2v) is 6.28. The summed E-state index contributed by atoms with van der Waals surface area (Å²) in [6.07, 6.45) is -1.08. The van der Waals surface area contributed by atoms with E-state index in [0.717, 1.165) is 16.3 Å². The summed E-state index contributed by atoms with van der Waals surface area (Å²) >= 11 is 0. The Morgan fingerprint density at radius 1 is 0.963 bits per heavy atom. The highest BCUT2D eigenvalue weighted by Crippen LogP contribution is 2.18. The number of aliphatic hydroxyl groups excluding tert-OH is 1. The van der Waals surface area contributed by atoms with Gasteiger partial charge in [0.1, 0.15) is 6.04 Å². The molecule has 0 bridgehead atoms. The molecule has 3 aromatic carbocycles. The van der Waals surface area contributed by atoms with Gasteiger partial charge in [-0.2, -0.15) is 0 Å². The average molecular weight is 363 g/mol. The zero-order valence-corrected chi connectivity index (χ0v) is 15.0. The fourth-order valence-corrected chi connectivity index (χ4v) is 2.97. The molecule has 0 aliphatic rings. The molecule has 2 atom stereocenters. The van der Waals surface area contributed by atoms with Gasteiger partial charge in [0.05, 0.1) is 7.11 Å². The molecular weight excluding hydrogens is 342 g/mol. The van der Waals surface area contributed by atoms with Crippen molar-refractivity contribution >= 4 is 22.6 Å². The Morgan fingerprint density at radius 2 is 1.63 bits per heavy atom. The van der Waals surface area contributed by atoms with Crippen molar-refractivity contribution in [1.82, 2.24) is 5.32 Å². The highest BCUT2D eigenvalue weighted by atomic mass is 16.5. The van der Waals surface area contributed by atoms with Crippen molar-refractivity contribution in [2.24, 2.45) is 0 Å². The first kappa shape index (κ1) is 18.6. The first-order valence-electron chi connectivity index (χ1n) is 8.67. The summed E-state index contributed by atoms with van der Waals surface area (Å²) in [5.74, 6) is -1.20. The van der Waals surface area contributed by atoms with Crippen LogP contribution in [0.5, 0.6) is 0 Å². The van der Waals surface area contributed by atoms with E-state index in [-0.39, 0.29) is 6.42 Å². The quantitative estimate of drug-likeness (QED) is 0.661. The number of benzene rings is 3. The Hall–Kier alpha value is -3.18. The van der Waals surface area contributed by atoms with E-state index in [2.05, 4.69) is 5.32 Å². The predicted molar refractivity (Wildman–Crippen MR) is 103 cm³/mol. The molecule has 27 heavy (non-hydrogen) atoms. The molecular formula is C22H21NO4. The highest BCUT2D eigenvalue weighted by molar-refractivity contribution is 5.88. The molecule has 0 saturated heterocycles. The maximum atomic E-state index is 12.4. The lowest BCUT2D eigenvalue weighted by molar-refractivity contribution is -0.146. The molecule has 0 aliphatic heterocycles. The van der Waals surface area contributed by atoms with E-state index in [1.54, 1.807) is 30.3 Å². The summed E-state index contributed by atoms with van der Waals surface area (Å²) in [7, 11) is 1.27. The molecule has 2 N–H and O–H groups in total. The van der Waals surface area contributed by atoms with Crippen LogP contribution in [-0.2, 0) is 20.7 Å². The largest absolute Gasteiger partial charge is 0.467 e. The maximum Gasteiger partial charge on any atom is 0.328 e. The van der Waals surface area contributed by atoms with Crippen LogP contribution >= 0.6 is 0 Å². The van der Waals surface area contributed by atoms with E-state index in [9.17, 15) is 14.7 Å². The zero-order chi connectivity index (χ0) is 19.2. The summed E-state index contributed by atoms with van der Waals surface area (Å²) in [6, 6.07) is 21.5. The fourth-order valence-electron chi connectivity index (χ4n) is 2.97. The standard InChI is InChI=1S/C22H21NO4/c1-27-22(26)19(23-21(25)20(24)17-8-3-2-4-9-17)14-15-11-12-16-7-5-6-10-18(16)13-15/h2-13,19-20,24H,14H2,1H3,(H,23,25)/t19-,20+/m1/s1. The van der Waals surface area contributed by atoms with Crippen molar-refractivity contribution in [2.75, 3.05) is 7.11 Å². The molecule has 0 heterocycles. The normalized spacial score (nSPS) is 13.0. The molecule has 0 spiro atoms. The summed E-state index contributed by atoms with van der Waals surface area (Å²) in [4.78, 5) is 24.6. The molecule has 0 saturated carbocycles. The van der Waals surface area contributed by atoms with Crippen molar-refractivity contribution in [3.63, 3.8) is 0 Å². The van der Waals surface area contributed by atoms with Gasteiger partial charge in [-0.15, -0.1) is 0 Å². The summed E-state index contributed by atoms with van der Waals surface area (Å²) in [5, 5.41) is 15.0. The van der Waals surface area contributed by atoms with E-state index < -0.39 is 24.0 Å². The predicted octanol–water partition coefficient (Wildman–Crippen LogP) is 2.77. The van der Waals surface area contributed by atoms with Crippen molar-refractivity contribution < 1.29 is 19.4 Å². The third-order valence-corrected chi connectivity index (χ3v) is 4.42. The van der Waals surface area contributed by atoms with Crippen LogP contribution in [0, 0.1) is 0 Å². The zero-order valence-electron chi connectivity index (χ0n) is 15.0. The Kier molecular flexibility index (Phi) is 5.84. The second-order valence-electron chi connectivity index (χ2n) is 6.28. The van der Waals surface area contributed by atoms with Gasteiger partial charge in [0.25, 0.3) is 5.91 Å². The number of fused-ring (bicyclic) bond motifs is 1. The maximum absolute atomic E-state index is 12.4. The molecule has 138 valence electrons. The summed E-state index contributed by atoms with van der Waals surface area (Å²) in [6.45, 7) is 0. The van der Waals surface area contributed by atoms with Gasteiger partial charge in [0.2, 0.25) is 0 Å².